The molecule has 1 aromatic heterocycles. The largest absolute Gasteiger partial charge is 0.456 e. The first-order valence-corrected chi connectivity index (χ1v) is 6.66. The quantitative estimate of drug-likeness (QED) is 0.933. The lowest BCUT2D eigenvalue weighted by molar-refractivity contribution is 0.473. The Morgan fingerprint density at radius 2 is 2.11 bits per heavy atom. The number of pyridine rings is 1. The summed E-state index contributed by atoms with van der Waals surface area (Å²) in [6, 6.07) is 6.52. The van der Waals surface area contributed by atoms with Crippen LogP contribution in [-0.2, 0) is 6.42 Å². The lowest BCUT2D eigenvalue weighted by Gasteiger charge is -2.09. The number of rotatable bonds is 4. The summed E-state index contributed by atoms with van der Waals surface area (Å²) in [5.74, 6) is 0.637. The molecule has 1 atom stereocenters. The van der Waals surface area contributed by atoms with Gasteiger partial charge in [-0.3, -0.25) is 4.98 Å². The number of hydrogen-bond acceptors (Lipinski definition) is 3. The summed E-state index contributed by atoms with van der Waals surface area (Å²) in [7, 11) is 0. The zero-order valence-corrected chi connectivity index (χ0v) is 12.0. The highest BCUT2D eigenvalue weighted by Gasteiger charge is 2.05. The minimum absolute atomic E-state index is 0.0576. The van der Waals surface area contributed by atoms with Crippen LogP contribution < -0.4 is 10.5 Å². The van der Waals surface area contributed by atoms with Crippen LogP contribution in [0.15, 0.2) is 41.1 Å². The molecule has 0 aliphatic heterocycles. The molecular weight excluding hydrogens is 311 g/mol. The molecule has 2 rings (SSSR count). The molecule has 100 valence electrons. The van der Waals surface area contributed by atoms with E-state index < -0.39 is 0 Å². The second kappa shape index (κ2) is 6.12. The maximum absolute atomic E-state index is 13.4. The van der Waals surface area contributed by atoms with Gasteiger partial charge in [0.25, 0.3) is 0 Å². The van der Waals surface area contributed by atoms with Crippen molar-refractivity contribution in [2.45, 2.75) is 19.4 Å². The van der Waals surface area contributed by atoms with Crippen LogP contribution in [0.25, 0.3) is 0 Å². The van der Waals surface area contributed by atoms with Crippen molar-refractivity contribution in [1.29, 1.82) is 0 Å². The maximum atomic E-state index is 13.4. The molecule has 0 saturated carbocycles. The van der Waals surface area contributed by atoms with Crippen molar-refractivity contribution in [2.24, 2.45) is 5.73 Å². The van der Waals surface area contributed by atoms with Gasteiger partial charge in [-0.05, 0) is 53.0 Å². The number of nitrogens with two attached hydrogens (primary N) is 1. The van der Waals surface area contributed by atoms with Gasteiger partial charge in [0.1, 0.15) is 17.3 Å². The molecule has 0 bridgehead atoms. The number of nitrogens with zero attached hydrogens (tertiary/aromatic N) is 1. The van der Waals surface area contributed by atoms with Gasteiger partial charge in [-0.1, -0.05) is 0 Å². The van der Waals surface area contributed by atoms with E-state index in [1.54, 1.807) is 24.5 Å². The highest BCUT2D eigenvalue weighted by molar-refractivity contribution is 9.10. The van der Waals surface area contributed by atoms with Crippen LogP contribution in [-0.4, -0.2) is 11.0 Å². The van der Waals surface area contributed by atoms with E-state index in [0.29, 0.717) is 16.0 Å². The Bertz CT molecular complexity index is 575. The third-order valence-electron chi connectivity index (χ3n) is 2.45. The van der Waals surface area contributed by atoms with E-state index in [1.807, 2.05) is 13.0 Å². The number of aromatic nitrogens is 1. The molecule has 1 unspecified atom stereocenters. The Kier molecular flexibility index (Phi) is 4.50. The van der Waals surface area contributed by atoms with Crippen molar-refractivity contribution in [3.05, 3.63) is 52.5 Å². The minimum atomic E-state index is -0.364. The molecule has 0 spiro atoms. The molecular formula is C14H14BrFN2O. The predicted molar refractivity (Wildman–Crippen MR) is 75.8 cm³/mol. The van der Waals surface area contributed by atoms with E-state index >= 15 is 0 Å². The first-order chi connectivity index (χ1) is 9.04. The first kappa shape index (κ1) is 14.0. The monoisotopic (exact) mass is 324 g/mol. The van der Waals surface area contributed by atoms with E-state index in [9.17, 15) is 4.39 Å². The summed E-state index contributed by atoms with van der Waals surface area (Å²) in [6.45, 7) is 1.93. The summed E-state index contributed by atoms with van der Waals surface area (Å²) < 4.78 is 19.4. The Balaban J connectivity index is 2.16. The van der Waals surface area contributed by atoms with Gasteiger partial charge in [0.15, 0.2) is 0 Å². The van der Waals surface area contributed by atoms with Gasteiger partial charge in [-0.15, -0.1) is 0 Å². The fourth-order valence-corrected chi connectivity index (χ4v) is 1.93. The van der Waals surface area contributed by atoms with Crippen LogP contribution in [0.2, 0.25) is 0 Å². The maximum Gasteiger partial charge on any atom is 0.145 e. The van der Waals surface area contributed by atoms with E-state index in [0.717, 1.165) is 12.0 Å². The van der Waals surface area contributed by atoms with Gasteiger partial charge >= 0.3 is 0 Å². The number of halogens is 2. The highest BCUT2D eigenvalue weighted by Crippen LogP contribution is 2.25. The summed E-state index contributed by atoms with van der Waals surface area (Å²) in [5.41, 5.74) is 6.73. The standard InChI is InChI=1S/C14H14BrFN2O/c1-9(17)4-10-5-12(8-18-7-10)19-11-2-3-13(15)14(16)6-11/h2-3,5-9H,4,17H2,1H3. The number of benzene rings is 1. The molecule has 1 aromatic carbocycles. The van der Waals surface area contributed by atoms with E-state index in [2.05, 4.69) is 20.9 Å². The second-order valence-electron chi connectivity index (χ2n) is 4.39. The third-order valence-corrected chi connectivity index (χ3v) is 3.10. The molecule has 3 nitrogen and oxygen atoms in total. The Morgan fingerprint density at radius 1 is 1.32 bits per heavy atom. The SMILES string of the molecule is CC(N)Cc1cncc(Oc2ccc(Br)c(F)c2)c1. The summed E-state index contributed by atoms with van der Waals surface area (Å²) in [4.78, 5) is 4.09. The van der Waals surface area contributed by atoms with Crippen molar-refractivity contribution in [2.75, 3.05) is 0 Å². The van der Waals surface area contributed by atoms with Crippen molar-refractivity contribution < 1.29 is 9.13 Å². The molecule has 5 heteroatoms. The molecule has 0 fully saturated rings. The predicted octanol–water partition coefficient (Wildman–Crippen LogP) is 3.67. The molecule has 0 amide bonds. The third kappa shape index (κ3) is 4.01. The lowest BCUT2D eigenvalue weighted by atomic mass is 10.1. The molecule has 2 aromatic rings. The van der Waals surface area contributed by atoms with Crippen LogP contribution in [0.5, 0.6) is 11.5 Å². The van der Waals surface area contributed by atoms with Gasteiger partial charge in [0.2, 0.25) is 0 Å². The minimum Gasteiger partial charge on any atom is -0.456 e. The molecule has 0 saturated heterocycles. The Morgan fingerprint density at radius 3 is 2.79 bits per heavy atom. The zero-order chi connectivity index (χ0) is 13.8. The molecule has 0 aliphatic carbocycles. The van der Waals surface area contributed by atoms with Crippen molar-refractivity contribution in [1.82, 2.24) is 4.98 Å². The van der Waals surface area contributed by atoms with E-state index in [4.69, 9.17) is 10.5 Å². The number of hydrogen-bond donors (Lipinski definition) is 1. The zero-order valence-electron chi connectivity index (χ0n) is 10.4. The van der Waals surface area contributed by atoms with Crippen molar-refractivity contribution in [3.8, 4) is 11.5 Å². The van der Waals surface area contributed by atoms with Gasteiger partial charge in [-0.2, -0.15) is 0 Å². The Labute approximate surface area is 119 Å². The summed E-state index contributed by atoms with van der Waals surface area (Å²) in [5, 5.41) is 0. The average molecular weight is 325 g/mol. The normalized spacial score (nSPS) is 12.2. The fourth-order valence-electron chi connectivity index (χ4n) is 1.68. The van der Waals surface area contributed by atoms with E-state index in [1.165, 1.54) is 6.07 Å². The second-order valence-corrected chi connectivity index (χ2v) is 5.24. The van der Waals surface area contributed by atoms with Gasteiger partial charge in [-0.25, -0.2) is 4.39 Å². The fraction of sp³-hybridized carbons (Fsp3) is 0.214. The van der Waals surface area contributed by atoms with Crippen LogP contribution in [0.3, 0.4) is 0 Å². The topological polar surface area (TPSA) is 48.1 Å². The highest BCUT2D eigenvalue weighted by atomic mass is 79.9. The molecule has 0 aliphatic rings. The molecule has 0 radical (unpaired) electrons. The van der Waals surface area contributed by atoms with Crippen LogP contribution in [0.4, 0.5) is 4.39 Å². The van der Waals surface area contributed by atoms with Gasteiger partial charge < -0.3 is 10.5 Å². The summed E-state index contributed by atoms with van der Waals surface area (Å²) >= 11 is 3.10. The van der Waals surface area contributed by atoms with Crippen molar-refractivity contribution in [3.63, 3.8) is 0 Å². The van der Waals surface area contributed by atoms with Gasteiger partial charge in [0, 0.05) is 18.3 Å². The lowest BCUT2D eigenvalue weighted by Crippen LogP contribution is -2.17. The smallest absolute Gasteiger partial charge is 0.145 e. The van der Waals surface area contributed by atoms with Gasteiger partial charge in [0.05, 0.1) is 10.7 Å². The first-order valence-electron chi connectivity index (χ1n) is 5.87. The summed E-state index contributed by atoms with van der Waals surface area (Å²) in [6.07, 6.45) is 4.06. The van der Waals surface area contributed by atoms with Crippen molar-refractivity contribution >= 4 is 15.9 Å². The van der Waals surface area contributed by atoms with Crippen LogP contribution in [0.1, 0.15) is 12.5 Å². The number of ether oxygens (including phenoxy) is 1. The van der Waals surface area contributed by atoms with E-state index in [-0.39, 0.29) is 11.9 Å². The molecule has 2 N–H and O–H groups in total. The average Bonchev–Trinajstić information content (AvgIpc) is 2.33. The molecule has 19 heavy (non-hydrogen) atoms. The Hall–Kier alpha value is -1.46. The van der Waals surface area contributed by atoms with Crippen LogP contribution >= 0.6 is 15.9 Å². The molecule has 1 heterocycles. The van der Waals surface area contributed by atoms with Crippen LogP contribution in [0, 0.1) is 5.82 Å².